The Morgan fingerprint density at radius 3 is 2.49 bits per heavy atom. The zero-order chi connectivity index (χ0) is 27.4. The fraction of sp³-hybridized carbons (Fsp3) is 0.467. The van der Waals surface area contributed by atoms with E-state index in [1.54, 1.807) is 19.1 Å². The molecular formula is C30H34F2N4O3. The van der Waals surface area contributed by atoms with Gasteiger partial charge in [0, 0.05) is 36.1 Å². The van der Waals surface area contributed by atoms with E-state index in [1.807, 2.05) is 12.1 Å². The number of aromatic nitrogens is 2. The van der Waals surface area contributed by atoms with Crippen molar-refractivity contribution < 1.29 is 22.9 Å². The quantitative estimate of drug-likeness (QED) is 0.377. The van der Waals surface area contributed by atoms with E-state index in [4.69, 9.17) is 4.52 Å². The number of benzene rings is 2. The van der Waals surface area contributed by atoms with Crippen molar-refractivity contribution >= 4 is 11.7 Å². The first kappa shape index (κ1) is 27.1. The topological polar surface area (TPSA) is 88.3 Å². The Balaban J connectivity index is 1.02. The minimum absolute atomic E-state index is 0.00605. The summed E-state index contributed by atoms with van der Waals surface area (Å²) in [5.41, 5.74) is 1.33. The van der Waals surface area contributed by atoms with Gasteiger partial charge in [-0.3, -0.25) is 9.59 Å². The van der Waals surface area contributed by atoms with Crippen molar-refractivity contribution in [1.82, 2.24) is 20.4 Å². The van der Waals surface area contributed by atoms with Crippen LogP contribution in [-0.2, 0) is 0 Å². The van der Waals surface area contributed by atoms with Crippen LogP contribution in [0.5, 0.6) is 0 Å². The van der Waals surface area contributed by atoms with Crippen molar-refractivity contribution in [1.29, 1.82) is 0 Å². The predicted molar refractivity (Wildman–Crippen MR) is 142 cm³/mol. The van der Waals surface area contributed by atoms with Crippen molar-refractivity contribution in [2.45, 2.75) is 57.9 Å². The van der Waals surface area contributed by atoms with Crippen molar-refractivity contribution in [2.75, 3.05) is 19.6 Å². The zero-order valence-electron chi connectivity index (χ0n) is 22.2. The second kappa shape index (κ2) is 12.2. The number of piperidine rings is 1. The molecule has 39 heavy (non-hydrogen) atoms. The fourth-order valence-corrected chi connectivity index (χ4v) is 5.77. The highest BCUT2D eigenvalue weighted by molar-refractivity contribution is 5.98. The lowest BCUT2D eigenvalue weighted by molar-refractivity contribution is 0.0828. The van der Waals surface area contributed by atoms with Crippen LogP contribution in [0.1, 0.15) is 71.6 Å². The molecule has 7 nitrogen and oxygen atoms in total. The summed E-state index contributed by atoms with van der Waals surface area (Å²) in [6, 6.07) is 10.6. The van der Waals surface area contributed by atoms with E-state index < -0.39 is 11.6 Å². The molecule has 5 rings (SSSR count). The number of nitrogens with zero attached hydrogens (tertiary/aromatic N) is 3. The van der Waals surface area contributed by atoms with Crippen LogP contribution in [0.15, 0.2) is 47.0 Å². The van der Waals surface area contributed by atoms with Crippen molar-refractivity contribution in [2.24, 2.45) is 11.8 Å². The standard InChI is InChI=1S/C30H34F2N4O3/c1-19-33-29(35-39-19)22-3-2-4-23(17-22)30(38)34-25-8-5-20(6-9-25)11-14-36-15-12-21(13-16-36)28(37)26-10-7-24(31)18-27(26)32/h2-4,7,10,17-18,20-21,25H,5-6,8-9,11-16H2,1H3,(H,34,38). The number of hydrogen-bond donors (Lipinski definition) is 1. The van der Waals surface area contributed by atoms with Gasteiger partial charge in [-0.2, -0.15) is 4.98 Å². The average molecular weight is 537 g/mol. The van der Waals surface area contributed by atoms with Gasteiger partial charge in [0.1, 0.15) is 11.6 Å². The average Bonchev–Trinajstić information content (AvgIpc) is 3.39. The first-order valence-corrected chi connectivity index (χ1v) is 13.8. The summed E-state index contributed by atoms with van der Waals surface area (Å²) in [6.07, 6.45) is 6.56. The van der Waals surface area contributed by atoms with Gasteiger partial charge in [0.25, 0.3) is 5.91 Å². The Labute approximate surface area is 227 Å². The molecule has 0 radical (unpaired) electrons. The van der Waals surface area contributed by atoms with E-state index in [2.05, 4.69) is 20.4 Å². The third-order valence-corrected chi connectivity index (χ3v) is 8.10. The maximum atomic E-state index is 14.0. The molecule has 3 aromatic rings. The van der Waals surface area contributed by atoms with Crippen LogP contribution in [0.2, 0.25) is 0 Å². The van der Waals surface area contributed by atoms with Gasteiger partial charge in [0.2, 0.25) is 11.7 Å². The van der Waals surface area contributed by atoms with Crippen LogP contribution < -0.4 is 5.32 Å². The molecule has 2 fully saturated rings. The predicted octanol–water partition coefficient (Wildman–Crippen LogP) is 5.60. The van der Waals surface area contributed by atoms with Crippen LogP contribution >= 0.6 is 0 Å². The smallest absolute Gasteiger partial charge is 0.251 e. The van der Waals surface area contributed by atoms with Gasteiger partial charge in [-0.1, -0.05) is 17.3 Å². The third kappa shape index (κ3) is 6.76. The van der Waals surface area contributed by atoms with Gasteiger partial charge in [-0.15, -0.1) is 0 Å². The Hall–Kier alpha value is -3.46. The Bertz CT molecular complexity index is 1310. The van der Waals surface area contributed by atoms with E-state index in [-0.39, 0.29) is 29.2 Å². The molecule has 206 valence electrons. The molecule has 2 aromatic carbocycles. The molecule has 0 bridgehead atoms. The molecule has 2 heterocycles. The number of aryl methyl sites for hydroxylation is 1. The molecule has 1 N–H and O–H groups in total. The number of amides is 1. The molecule has 2 aliphatic rings. The number of carbonyl (C=O) groups excluding carboxylic acids is 2. The molecule has 1 aromatic heterocycles. The summed E-state index contributed by atoms with van der Waals surface area (Å²) in [7, 11) is 0. The monoisotopic (exact) mass is 536 g/mol. The molecule has 1 saturated carbocycles. The molecule has 0 unspecified atom stereocenters. The van der Waals surface area contributed by atoms with Crippen LogP contribution in [-0.4, -0.2) is 52.4 Å². The van der Waals surface area contributed by atoms with Crippen molar-refractivity contribution in [3.8, 4) is 11.4 Å². The number of ketones is 1. The number of nitrogens with one attached hydrogen (secondary N) is 1. The van der Waals surface area contributed by atoms with Gasteiger partial charge in [0.05, 0.1) is 5.56 Å². The molecule has 0 atom stereocenters. The molecule has 1 aliphatic carbocycles. The van der Waals surface area contributed by atoms with Crippen LogP contribution in [0.4, 0.5) is 8.78 Å². The summed E-state index contributed by atoms with van der Waals surface area (Å²) in [5, 5.41) is 7.12. The Kier molecular flexibility index (Phi) is 8.45. The summed E-state index contributed by atoms with van der Waals surface area (Å²) >= 11 is 0. The maximum Gasteiger partial charge on any atom is 0.251 e. The highest BCUT2D eigenvalue weighted by Crippen LogP contribution is 2.29. The number of carbonyl (C=O) groups is 2. The van der Waals surface area contributed by atoms with E-state index >= 15 is 0 Å². The minimum Gasteiger partial charge on any atom is -0.349 e. The summed E-state index contributed by atoms with van der Waals surface area (Å²) in [6.45, 7) is 4.34. The van der Waals surface area contributed by atoms with Gasteiger partial charge in [-0.05, 0) is 94.8 Å². The molecule has 1 amide bonds. The minimum atomic E-state index is -0.776. The van der Waals surface area contributed by atoms with Gasteiger partial charge in [0.15, 0.2) is 5.78 Å². The van der Waals surface area contributed by atoms with E-state index in [0.717, 1.165) is 69.4 Å². The number of rotatable bonds is 8. The lowest BCUT2D eigenvalue weighted by Crippen LogP contribution is -2.39. The lowest BCUT2D eigenvalue weighted by Gasteiger charge is -2.34. The highest BCUT2D eigenvalue weighted by atomic mass is 19.1. The molecular weight excluding hydrogens is 502 g/mol. The van der Waals surface area contributed by atoms with E-state index in [1.165, 1.54) is 6.07 Å². The Morgan fingerprint density at radius 1 is 1.03 bits per heavy atom. The summed E-state index contributed by atoms with van der Waals surface area (Å²) in [5.74, 6) is -0.385. The second-order valence-electron chi connectivity index (χ2n) is 10.8. The maximum absolute atomic E-state index is 14.0. The van der Waals surface area contributed by atoms with Crippen LogP contribution in [0, 0.1) is 30.4 Å². The molecule has 1 saturated heterocycles. The van der Waals surface area contributed by atoms with Crippen LogP contribution in [0.25, 0.3) is 11.4 Å². The summed E-state index contributed by atoms with van der Waals surface area (Å²) in [4.78, 5) is 32.2. The second-order valence-corrected chi connectivity index (χ2v) is 10.8. The van der Waals surface area contributed by atoms with Crippen molar-refractivity contribution in [3.05, 3.63) is 71.1 Å². The first-order valence-electron chi connectivity index (χ1n) is 13.8. The van der Waals surface area contributed by atoms with Gasteiger partial charge < -0.3 is 14.7 Å². The molecule has 9 heteroatoms. The zero-order valence-corrected chi connectivity index (χ0v) is 22.2. The highest BCUT2D eigenvalue weighted by Gasteiger charge is 2.29. The number of halogens is 2. The van der Waals surface area contributed by atoms with E-state index in [9.17, 15) is 18.4 Å². The van der Waals surface area contributed by atoms with Crippen molar-refractivity contribution in [3.63, 3.8) is 0 Å². The molecule has 0 spiro atoms. The molecule has 1 aliphatic heterocycles. The normalized spacial score (nSPS) is 20.6. The van der Waals surface area contributed by atoms with E-state index in [0.29, 0.717) is 36.0 Å². The lowest BCUT2D eigenvalue weighted by atomic mass is 9.83. The number of Topliss-reactive ketones (excluding diaryl/α,β-unsaturated/α-hetero) is 1. The Morgan fingerprint density at radius 2 is 1.79 bits per heavy atom. The SMILES string of the molecule is Cc1nc(-c2cccc(C(=O)NC3CCC(CCN4CCC(C(=O)c5ccc(F)cc5F)CC4)CC3)c2)no1. The largest absolute Gasteiger partial charge is 0.349 e. The third-order valence-electron chi connectivity index (χ3n) is 8.10. The fourth-order valence-electron chi connectivity index (χ4n) is 5.77. The first-order chi connectivity index (χ1) is 18.9. The van der Waals surface area contributed by atoms with Gasteiger partial charge in [-0.25, -0.2) is 8.78 Å². The summed E-state index contributed by atoms with van der Waals surface area (Å²) < 4.78 is 32.2. The van der Waals surface area contributed by atoms with Gasteiger partial charge >= 0.3 is 0 Å². The number of hydrogen-bond acceptors (Lipinski definition) is 6. The van der Waals surface area contributed by atoms with Crippen LogP contribution in [0.3, 0.4) is 0 Å². The number of likely N-dealkylation sites (tertiary alicyclic amines) is 1.